The van der Waals surface area contributed by atoms with Crippen molar-refractivity contribution in [2.24, 2.45) is 0 Å². The van der Waals surface area contributed by atoms with Gasteiger partial charge >= 0.3 is 0 Å². The van der Waals surface area contributed by atoms with E-state index in [4.69, 9.17) is 0 Å². The molecule has 1 aliphatic heterocycles. The highest BCUT2D eigenvalue weighted by atomic mass is 16.2. The number of nitrogens with zero attached hydrogens (tertiary/aromatic N) is 4. The molecule has 1 fully saturated rings. The van der Waals surface area contributed by atoms with Gasteiger partial charge in [-0.15, -0.1) is 0 Å². The molecule has 2 aromatic rings. The normalized spacial score (nSPS) is 17.0. The van der Waals surface area contributed by atoms with Gasteiger partial charge in [0.2, 0.25) is 0 Å². The van der Waals surface area contributed by atoms with Crippen LogP contribution < -0.4 is 0 Å². The Hall–Kier alpha value is -2.14. The fraction of sp³-hybridized carbons (Fsp3) is 0.474. The predicted octanol–water partition coefficient (Wildman–Crippen LogP) is 2.29. The van der Waals surface area contributed by atoms with Crippen LogP contribution in [0.1, 0.15) is 30.0 Å². The molecule has 1 atom stereocenters. The van der Waals surface area contributed by atoms with Gasteiger partial charge in [-0.2, -0.15) is 0 Å². The van der Waals surface area contributed by atoms with Crippen molar-refractivity contribution in [1.82, 2.24) is 19.4 Å². The Kier molecular flexibility index (Phi) is 5.30. The molecule has 0 radical (unpaired) electrons. The molecular formula is C19H26N4O. The van der Waals surface area contributed by atoms with Crippen LogP contribution in [0.4, 0.5) is 0 Å². The van der Waals surface area contributed by atoms with Crippen LogP contribution in [0.3, 0.4) is 0 Å². The van der Waals surface area contributed by atoms with E-state index in [1.165, 1.54) is 0 Å². The number of aryl methyl sites for hydroxylation is 1. The second-order valence-electron chi connectivity index (χ2n) is 6.39. The van der Waals surface area contributed by atoms with Crippen LogP contribution in [0.5, 0.6) is 0 Å². The van der Waals surface area contributed by atoms with E-state index >= 15 is 0 Å². The number of rotatable bonds is 5. The second kappa shape index (κ2) is 7.62. The van der Waals surface area contributed by atoms with Crippen molar-refractivity contribution in [3.63, 3.8) is 0 Å². The van der Waals surface area contributed by atoms with E-state index in [0.717, 1.165) is 50.5 Å². The molecule has 5 heteroatoms. The first-order valence-corrected chi connectivity index (χ1v) is 8.77. The highest BCUT2D eigenvalue weighted by molar-refractivity contribution is 5.94. The molecular weight excluding hydrogens is 300 g/mol. The number of amides is 1. The van der Waals surface area contributed by atoms with Crippen molar-refractivity contribution < 1.29 is 4.79 Å². The molecule has 0 unspecified atom stereocenters. The van der Waals surface area contributed by atoms with Crippen molar-refractivity contribution >= 4 is 5.91 Å². The summed E-state index contributed by atoms with van der Waals surface area (Å²) in [6.07, 6.45) is 4.89. The van der Waals surface area contributed by atoms with Crippen molar-refractivity contribution in [1.29, 1.82) is 0 Å². The van der Waals surface area contributed by atoms with Crippen LogP contribution in [0.2, 0.25) is 0 Å². The summed E-state index contributed by atoms with van der Waals surface area (Å²) in [5, 5.41) is 0. The Morgan fingerprint density at radius 1 is 1.17 bits per heavy atom. The maximum atomic E-state index is 12.5. The average molecular weight is 326 g/mol. The molecule has 0 N–H and O–H groups in total. The van der Waals surface area contributed by atoms with Crippen molar-refractivity contribution in [2.45, 2.75) is 32.9 Å². The summed E-state index contributed by atoms with van der Waals surface area (Å²) in [5.41, 5.74) is 0.782. The minimum Gasteiger partial charge on any atom is -0.336 e. The Morgan fingerprint density at radius 2 is 1.88 bits per heavy atom. The summed E-state index contributed by atoms with van der Waals surface area (Å²) in [6, 6.07) is 10.0. The third-order valence-corrected chi connectivity index (χ3v) is 4.82. The molecule has 0 spiro atoms. The van der Waals surface area contributed by atoms with Crippen molar-refractivity contribution in [2.75, 3.05) is 26.2 Å². The summed E-state index contributed by atoms with van der Waals surface area (Å²) in [4.78, 5) is 21.3. The zero-order chi connectivity index (χ0) is 16.9. The highest BCUT2D eigenvalue weighted by Crippen LogP contribution is 2.12. The van der Waals surface area contributed by atoms with Crippen LogP contribution in [-0.2, 0) is 13.0 Å². The zero-order valence-corrected chi connectivity index (χ0v) is 14.6. The summed E-state index contributed by atoms with van der Waals surface area (Å²) in [7, 11) is 0. The average Bonchev–Trinajstić information content (AvgIpc) is 3.09. The van der Waals surface area contributed by atoms with Gasteiger partial charge in [-0.3, -0.25) is 9.69 Å². The minimum absolute atomic E-state index is 0.144. The third-order valence-electron chi connectivity index (χ3n) is 4.82. The first-order valence-electron chi connectivity index (χ1n) is 8.77. The van der Waals surface area contributed by atoms with Crippen molar-refractivity contribution in [3.8, 4) is 0 Å². The van der Waals surface area contributed by atoms with Crippen LogP contribution in [-0.4, -0.2) is 57.5 Å². The van der Waals surface area contributed by atoms with Gasteiger partial charge in [-0.25, -0.2) is 4.98 Å². The number of carbonyl (C=O) groups excluding carboxylic acids is 1. The number of hydrogen-bond acceptors (Lipinski definition) is 3. The van der Waals surface area contributed by atoms with Crippen LogP contribution in [0, 0.1) is 0 Å². The Labute approximate surface area is 143 Å². The van der Waals surface area contributed by atoms with Gasteiger partial charge in [0.25, 0.3) is 5.91 Å². The highest BCUT2D eigenvalue weighted by Gasteiger charge is 2.25. The van der Waals surface area contributed by atoms with Gasteiger partial charge < -0.3 is 9.47 Å². The topological polar surface area (TPSA) is 41.4 Å². The molecule has 1 aliphatic rings. The molecule has 5 nitrogen and oxygen atoms in total. The van der Waals surface area contributed by atoms with E-state index in [0.29, 0.717) is 6.04 Å². The van der Waals surface area contributed by atoms with Gasteiger partial charge in [0.15, 0.2) is 0 Å². The van der Waals surface area contributed by atoms with Gasteiger partial charge in [0.05, 0.1) is 0 Å². The van der Waals surface area contributed by atoms with Crippen LogP contribution >= 0.6 is 0 Å². The minimum atomic E-state index is 0.144. The molecule has 1 aromatic heterocycles. The standard InChI is InChI=1S/C19H26N4O/c1-3-18-20-9-10-23(18)15-16(2)21-11-13-22(14-12-21)19(24)17-7-5-4-6-8-17/h4-10,16H,3,11-15H2,1-2H3/t16-/m1/s1. The number of aromatic nitrogens is 2. The fourth-order valence-corrected chi connectivity index (χ4v) is 3.35. The number of carbonyl (C=O) groups is 1. The lowest BCUT2D eigenvalue weighted by molar-refractivity contribution is 0.0567. The van der Waals surface area contributed by atoms with Gasteiger partial charge in [0.1, 0.15) is 5.82 Å². The third kappa shape index (κ3) is 3.67. The molecule has 1 amide bonds. The first-order chi connectivity index (χ1) is 11.7. The fourth-order valence-electron chi connectivity index (χ4n) is 3.35. The number of hydrogen-bond donors (Lipinski definition) is 0. The van der Waals surface area contributed by atoms with E-state index in [1.54, 1.807) is 0 Å². The molecule has 3 rings (SSSR count). The molecule has 0 bridgehead atoms. The number of benzene rings is 1. The Bertz CT molecular complexity index is 659. The van der Waals surface area contributed by atoms with Gasteiger partial charge in [0, 0.05) is 63.1 Å². The lowest BCUT2D eigenvalue weighted by atomic mass is 10.1. The first kappa shape index (κ1) is 16.7. The number of piperazine rings is 1. The summed E-state index contributed by atoms with van der Waals surface area (Å²) >= 11 is 0. The lowest BCUT2D eigenvalue weighted by Gasteiger charge is -2.38. The summed E-state index contributed by atoms with van der Waals surface area (Å²) < 4.78 is 2.24. The zero-order valence-electron chi connectivity index (χ0n) is 14.6. The molecule has 1 aromatic carbocycles. The SMILES string of the molecule is CCc1nccn1C[C@@H](C)N1CCN(C(=O)c2ccccc2)CC1. The van der Waals surface area contributed by atoms with Crippen molar-refractivity contribution in [3.05, 3.63) is 54.1 Å². The largest absolute Gasteiger partial charge is 0.336 e. The van der Waals surface area contributed by atoms with Crippen LogP contribution in [0.25, 0.3) is 0 Å². The smallest absolute Gasteiger partial charge is 0.253 e. The Balaban J connectivity index is 1.54. The predicted molar refractivity (Wildman–Crippen MR) is 95.0 cm³/mol. The maximum Gasteiger partial charge on any atom is 0.253 e. The van der Waals surface area contributed by atoms with E-state index in [-0.39, 0.29) is 5.91 Å². The van der Waals surface area contributed by atoms with Gasteiger partial charge in [-0.05, 0) is 19.1 Å². The molecule has 0 saturated carbocycles. The van der Waals surface area contributed by atoms with E-state index in [1.807, 2.05) is 41.4 Å². The quantitative estimate of drug-likeness (QED) is 0.846. The molecule has 1 saturated heterocycles. The van der Waals surface area contributed by atoms with Crippen LogP contribution in [0.15, 0.2) is 42.7 Å². The molecule has 24 heavy (non-hydrogen) atoms. The molecule has 128 valence electrons. The monoisotopic (exact) mass is 326 g/mol. The summed E-state index contributed by atoms with van der Waals surface area (Å²) in [6.45, 7) is 8.79. The van der Waals surface area contributed by atoms with Gasteiger partial charge in [-0.1, -0.05) is 25.1 Å². The van der Waals surface area contributed by atoms with E-state index in [9.17, 15) is 4.79 Å². The summed E-state index contributed by atoms with van der Waals surface area (Å²) in [5.74, 6) is 1.28. The Morgan fingerprint density at radius 3 is 2.54 bits per heavy atom. The van der Waals surface area contributed by atoms with E-state index < -0.39 is 0 Å². The molecule has 0 aliphatic carbocycles. The lowest BCUT2D eigenvalue weighted by Crippen LogP contribution is -2.52. The second-order valence-corrected chi connectivity index (χ2v) is 6.39. The maximum absolute atomic E-state index is 12.5. The number of imidazole rings is 1. The van der Waals surface area contributed by atoms with E-state index in [2.05, 4.69) is 34.5 Å². The molecule has 2 heterocycles.